The molecule has 9 aromatic rings. The Balaban J connectivity index is 0.000000165. The number of phenolic OH excluding ortho intramolecular Hbond substituents is 2. The molecule has 4 saturated heterocycles. The Morgan fingerprint density at radius 1 is 0.521 bits per heavy atom. The molecular formula is C68H80BBr2Cl2FN12O8. The van der Waals surface area contributed by atoms with Gasteiger partial charge in [0.25, 0.3) is 0 Å². The number of halogens is 5. The van der Waals surface area contributed by atoms with Crippen molar-refractivity contribution in [2.75, 3.05) is 52.4 Å². The highest BCUT2D eigenvalue weighted by molar-refractivity contribution is 9.10. The van der Waals surface area contributed by atoms with Crippen molar-refractivity contribution in [3.05, 3.63) is 193 Å². The van der Waals surface area contributed by atoms with Crippen LogP contribution in [0.2, 0.25) is 10.0 Å². The predicted molar refractivity (Wildman–Crippen MR) is 373 cm³/mol. The average molecular weight is 1450 g/mol. The van der Waals surface area contributed by atoms with E-state index in [1.165, 1.54) is 127 Å². The summed E-state index contributed by atoms with van der Waals surface area (Å²) in [6.07, 6.45) is 19.8. The van der Waals surface area contributed by atoms with Crippen LogP contribution in [0.25, 0.3) is 22.5 Å². The first-order valence-corrected chi connectivity index (χ1v) is 33.2. The Morgan fingerprint density at radius 2 is 0.936 bits per heavy atom. The zero-order valence-corrected chi connectivity index (χ0v) is 57.9. The Hall–Kier alpha value is -7.36. The number of likely N-dealkylation sites (tertiary alicyclic amines) is 3. The molecule has 4 aliphatic heterocycles. The van der Waals surface area contributed by atoms with Crippen LogP contribution in [-0.4, -0.2) is 152 Å². The summed E-state index contributed by atoms with van der Waals surface area (Å²) in [6.45, 7) is 12.4. The van der Waals surface area contributed by atoms with Crippen molar-refractivity contribution in [3.63, 3.8) is 0 Å². The quantitative estimate of drug-likeness (QED) is 0.0503. The number of hydrogen-bond acceptors (Lipinski definition) is 16. The maximum atomic E-state index is 12.5. The van der Waals surface area contributed by atoms with Crippen LogP contribution >= 0.6 is 55.1 Å². The van der Waals surface area contributed by atoms with Crippen LogP contribution in [-0.2, 0) is 47.8 Å². The van der Waals surface area contributed by atoms with Crippen LogP contribution in [0.15, 0.2) is 143 Å². The van der Waals surface area contributed by atoms with Crippen molar-refractivity contribution in [1.82, 2.24) is 58.2 Å². The van der Waals surface area contributed by atoms with E-state index in [2.05, 4.69) is 99.6 Å². The molecule has 4 aromatic heterocycles. The number of ether oxygens (including phenoxy) is 1. The molecule has 5 N–H and O–H groups in total. The van der Waals surface area contributed by atoms with Gasteiger partial charge in [-0.05, 0) is 232 Å². The third-order valence-electron chi connectivity index (χ3n) is 15.8. The highest BCUT2D eigenvalue weighted by atomic mass is 79.9. The van der Waals surface area contributed by atoms with Crippen LogP contribution < -0.4 is 15.5 Å². The topological polar surface area (TPSA) is 234 Å². The van der Waals surface area contributed by atoms with E-state index in [4.69, 9.17) is 43.1 Å². The number of phenols is 2. The molecule has 13 rings (SSSR count). The van der Waals surface area contributed by atoms with E-state index in [0.717, 1.165) is 94.3 Å². The van der Waals surface area contributed by atoms with Gasteiger partial charge in [0.15, 0.2) is 24.7 Å². The first kappa shape index (κ1) is 74.0. The number of nitrogens with one attached hydrogen (secondary N) is 1. The molecule has 4 fully saturated rings. The zero-order valence-electron chi connectivity index (χ0n) is 53.2. The van der Waals surface area contributed by atoms with Crippen LogP contribution in [0.5, 0.6) is 23.0 Å². The number of aromatic hydroxyl groups is 2. The average Bonchev–Trinajstić information content (AvgIpc) is 1.74. The largest absolute Gasteiger partial charge is 0.508 e. The third kappa shape index (κ3) is 22.9. The van der Waals surface area contributed by atoms with E-state index in [-0.39, 0.29) is 11.3 Å². The maximum absolute atomic E-state index is 12.5. The van der Waals surface area contributed by atoms with Crippen LogP contribution in [0, 0.1) is 5.82 Å². The van der Waals surface area contributed by atoms with Gasteiger partial charge in [-0.25, -0.2) is 24.3 Å². The lowest BCUT2D eigenvalue weighted by molar-refractivity contribution is 0.110. The molecule has 0 radical (unpaired) electrons. The summed E-state index contributed by atoms with van der Waals surface area (Å²) in [5.41, 5.74) is 5.18. The van der Waals surface area contributed by atoms with Crippen LogP contribution in [0.4, 0.5) is 4.39 Å². The van der Waals surface area contributed by atoms with Gasteiger partial charge in [0, 0.05) is 55.4 Å². The molecule has 0 atom stereocenters. The number of nitrogens with zero attached hydrogens (tertiary/aromatic N) is 11. The van der Waals surface area contributed by atoms with E-state index in [1.54, 1.807) is 48.1 Å². The van der Waals surface area contributed by atoms with E-state index in [0.29, 0.717) is 56.7 Å². The Kier molecular flexibility index (Phi) is 30.1. The van der Waals surface area contributed by atoms with Crippen molar-refractivity contribution in [2.45, 2.75) is 71.0 Å². The zero-order chi connectivity index (χ0) is 67.5. The van der Waals surface area contributed by atoms with Gasteiger partial charge in [0.2, 0.25) is 0 Å². The van der Waals surface area contributed by atoms with E-state index >= 15 is 0 Å². The van der Waals surface area contributed by atoms with E-state index in [9.17, 15) is 23.9 Å². The molecule has 4 aliphatic rings. The molecule has 8 heterocycles. The highest BCUT2D eigenvalue weighted by Gasteiger charge is 2.19. The van der Waals surface area contributed by atoms with Gasteiger partial charge in [0.05, 0.1) is 66.9 Å². The van der Waals surface area contributed by atoms with Crippen molar-refractivity contribution >= 4 is 86.5 Å². The summed E-state index contributed by atoms with van der Waals surface area (Å²) in [5.74, 6) is 4.68. The smallest absolute Gasteiger partial charge is 0.488 e. The minimum absolute atomic E-state index is 0.0319. The number of imidazole rings is 4. The van der Waals surface area contributed by atoms with Crippen molar-refractivity contribution in [3.8, 4) is 45.5 Å². The monoisotopic (exact) mass is 1450 g/mol. The maximum Gasteiger partial charge on any atom is 0.488 e. The number of aromatic nitrogens is 8. The van der Waals surface area contributed by atoms with Gasteiger partial charge in [-0.15, -0.1) is 0 Å². The van der Waals surface area contributed by atoms with Gasteiger partial charge >= 0.3 is 7.12 Å². The number of rotatable bonds is 14. The predicted octanol–water partition coefficient (Wildman–Crippen LogP) is 11.8. The highest BCUT2D eigenvalue weighted by Crippen LogP contribution is 2.31. The minimum atomic E-state index is -1.46. The van der Waals surface area contributed by atoms with E-state index < -0.39 is 12.9 Å². The Labute approximate surface area is 575 Å². The first-order chi connectivity index (χ1) is 45.3. The standard InChI is InChI=1S/C22H22ClN3O2.C15H19N3O.C9H14BrN3.C7H4ClFO.C6H7BO3.C5H5BrN2O.C4H9N/c1-25-20(13-24-22(25)14-26-10-2-3-11-26)16-5-8-19(9-6-16)28-21-12-18(23)7-4-17(21)15-27;1-17-14(12-4-6-13(19)7-5-12)10-16-15(17)11-18-8-2-3-9-18;1-12-8(10)6-11-9(12)7-13-4-2-3-5-13;8-6-2-1-5(4-10)7(9)3-6;8-6-3-1-5(2-4-6)7(9)10;1-8-4(6)2-7-5(8)3-9;1-2-4-5-3-1/h4-9,12-13,15H,2-3,10-11,14H2,1H3;4-7,10,19H,2-3,8-9,11H2,1H3;6H,2-5,7H2,1H3;1-4H;1-4,8-10H;2-3H,1H3;5H,1-4H2. The minimum Gasteiger partial charge on any atom is -0.508 e. The fraction of sp³-hybridized carbons (Fsp3) is 0.338. The summed E-state index contributed by atoms with van der Waals surface area (Å²) in [4.78, 5) is 56.0. The Morgan fingerprint density at radius 3 is 1.32 bits per heavy atom. The summed E-state index contributed by atoms with van der Waals surface area (Å²) in [6, 6.07) is 29.6. The molecule has 0 amide bonds. The van der Waals surface area contributed by atoms with Gasteiger partial charge in [-0.3, -0.25) is 29.1 Å². The molecular weight excluding hydrogens is 1370 g/mol. The second-order valence-corrected chi connectivity index (χ2v) is 25.0. The number of carbonyl (C=O) groups is 3. The molecule has 26 heteroatoms. The molecule has 0 saturated carbocycles. The second-order valence-electron chi connectivity index (χ2n) is 22.5. The SMILES string of the molecule is C1CCNC1.Cn1c(-c2ccc(O)cc2)cnc1CN1CCCC1.Cn1c(-c2ccc(Oc3cc(Cl)ccc3C=O)cc2)cnc1CN1CCCC1.Cn1c(Br)cnc1C=O.Cn1c(Br)cnc1CN1CCCC1.O=Cc1ccc(Cl)cc1F.OB(O)c1ccc(O)cc1. The van der Waals surface area contributed by atoms with Gasteiger partial charge in [0.1, 0.15) is 55.5 Å². The van der Waals surface area contributed by atoms with Crippen molar-refractivity contribution < 1.29 is 43.8 Å². The van der Waals surface area contributed by atoms with Crippen LogP contribution in [0.3, 0.4) is 0 Å². The van der Waals surface area contributed by atoms with Gasteiger partial charge < -0.3 is 48.6 Å². The lowest BCUT2D eigenvalue weighted by Gasteiger charge is -2.14. The number of benzene rings is 5. The molecule has 0 aliphatic carbocycles. The van der Waals surface area contributed by atoms with E-state index in [1.807, 2.05) is 62.0 Å². The number of hydrogen-bond donors (Lipinski definition) is 5. The summed E-state index contributed by atoms with van der Waals surface area (Å²) in [7, 11) is 6.46. The third-order valence-corrected chi connectivity index (χ3v) is 17.8. The van der Waals surface area contributed by atoms with Gasteiger partial charge in [-0.2, -0.15) is 0 Å². The molecule has 94 heavy (non-hydrogen) atoms. The molecule has 0 unspecified atom stereocenters. The van der Waals surface area contributed by atoms with Crippen molar-refractivity contribution in [1.29, 1.82) is 0 Å². The number of carbonyl (C=O) groups excluding carboxylic acids is 3. The fourth-order valence-corrected chi connectivity index (χ4v) is 11.2. The Bertz CT molecular complexity index is 3790. The summed E-state index contributed by atoms with van der Waals surface area (Å²) < 4.78 is 28.3. The molecule has 0 spiro atoms. The molecule has 0 bridgehead atoms. The second kappa shape index (κ2) is 38.3. The fourth-order valence-electron chi connectivity index (χ4n) is 10.2. The van der Waals surface area contributed by atoms with Gasteiger partial charge in [-0.1, -0.05) is 35.3 Å². The molecule has 20 nitrogen and oxygen atoms in total. The number of aldehydes is 3. The van der Waals surface area contributed by atoms with Crippen LogP contribution in [0.1, 0.15) is 100 Å². The normalized spacial score (nSPS) is 14.2. The van der Waals surface area contributed by atoms with Crippen molar-refractivity contribution in [2.24, 2.45) is 28.2 Å². The molecule has 498 valence electrons. The lowest BCUT2D eigenvalue weighted by atomic mass is 9.80. The lowest BCUT2D eigenvalue weighted by Crippen LogP contribution is -2.29. The summed E-state index contributed by atoms with van der Waals surface area (Å²) in [5, 5.41) is 39.3. The first-order valence-electron chi connectivity index (χ1n) is 30.9. The molecule has 5 aromatic carbocycles. The summed E-state index contributed by atoms with van der Waals surface area (Å²) >= 11 is 18.1.